The summed E-state index contributed by atoms with van der Waals surface area (Å²) in [5, 5.41) is 2.89. The van der Waals surface area contributed by atoms with Crippen molar-refractivity contribution in [2.75, 3.05) is 26.7 Å². The molecule has 6 heteroatoms. The highest BCUT2D eigenvalue weighted by Gasteiger charge is 2.20. The van der Waals surface area contributed by atoms with Crippen LogP contribution >= 0.6 is 0 Å². The first-order chi connectivity index (χ1) is 11.7. The molecule has 1 aliphatic rings. The van der Waals surface area contributed by atoms with Gasteiger partial charge >= 0.3 is 6.09 Å². The van der Waals surface area contributed by atoms with Gasteiger partial charge in [-0.15, -0.1) is 0 Å². The van der Waals surface area contributed by atoms with E-state index in [4.69, 9.17) is 4.74 Å². The zero-order valence-corrected chi connectivity index (χ0v) is 16.6. The lowest BCUT2D eigenvalue weighted by Crippen LogP contribution is -2.45. The van der Waals surface area contributed by atoms with E-state index in [2.05, 4.69) is 33.2 Å². The van der Waals surface area contributed by atoms with Gasteiger partial charge in [0.25, 0.3) is 0 Å². The number of nitrogens with one attached hydrogen (secondary N) is 1. The minimum absolute atomic E-state index is 0.0340. The standard InChI is InChI=1S/C19H34N4O2/c1-7-8-11-21-17(20-6)16-9-12-23(13-10-16)14-15(2)22-18(24)25-19(3,4)5/h9,11,15H,7-8,10,12-14H2,1-6H3,(H,22,24)/b20-17-,21-11-. The molecule has 0 aromatic rings. The van der Waals surface area contributed by atoms with E-state index in [0.29, 0.717) is 0 Å². The van der Waals surface area contributed by atoms with Crippen molar-refractivity contribution in [3.63, 3.8) is 0 Å². The predicted molar refractivity (Wildman–Crippen MR) is 105 cm³/mol. The molecule has 0 aliphatic carbocycles. The Bertz CT molecular complexity index is 518. The molecule has 1 aliphatic heterocycles. The van der Waals surface area contributed by atoms with E-state index in [9.17, 15) is 4.79 Å². The molecule has 25 heavy (non-hydrogen) atoms. The Morgan fingerprint density at radius 1 is 1.48 bits per heavy atom. The molecular weight excluding hydrogens is 316 g/mol. The van der Waals surface area contributed by atoms with Gasteiger partial charge in [0.05, 0.1) is 0 Å². The predicted octanol–water partition coefficient (Wildman–Crippen LogP) is 3.43. The van der Waals surface area contributed by atoms with E-state index >= 15 is 0 Å². The Morgan fingerprint density at radius 2 is 2.20 bits per heavy atom. The second kappa shape index (κ2) is 10.3. The molecule has 0 saturated carbocycles. The molecule has 0 bridgehead atoms. The molecular formula is C19H34N4O2. The first-order valence-corrected chi connectivity index (χ1v) is 9.15. The number of rotatable bonds is 6. The minimum atomic E-state index is -0.471. The normalized spacial score (nSPS) is 18.2. The number of unbranched alkanes of at least 4 members (excludes halogenated alkanes) is 1. The number of hydrogen-bond donors (Lipinski definition) is 1. The number of nitrogens with zero attached hydrogens (tertiary/aromatic N) is 3. The maximum atomic E-state index is 11.8. The summed E-state index contributed by atoms with van der Waals surface area (Å²) in [4.78, 5) is 22.9. The first kappa shape index (κ1) is 21.4. The molecule has 0 aromatic heterocycles. The average Bonchev–Trinajstić information content (AvgIpc) is 2.50. The fourth-order valence-electron chi connectivity index (χ4n) is 2.59. The van der Waals surface area contributed by atoms with Gasteiger partial charge in [-0.25, -0.2) is 9.79 Å². The maximum absolute atomic E-state index is 11.8. The Kier molecular flexibility index (Phi) is 8.83. The fourth-order valence-corrected chi connectivity index (χ4v) is 2.59. The molecule has 1 N–H and O–H groups in total. The third-order valence-corrected chi connectivity index (χ3v) is 3.72. The van der Waals surface area contributed by atoms with Crippen molar-refractivity contribution in [2.45, 2.75) is 65.5 Å². The van der Waals surface area contributed by atoms with Gasteiger partial charge < -0.3 is 10.1 Å². The van der Waals surface area contributed by atoms with Crippen LogP contribution in [0.1, 0.15) is 53.9 Å². The number of hydrogen-bond acceptors (Lipinski definition) is 4. The van der Waals surface area contributed by atoms with Gasteiger partial charge in [0, 0.05) is 38.9 Å². The van der Waals surface area contributed by atoms with Crippen LogP contribution in [0.3, 0.4) is 0 Å². The van der Waals surface area contributed by atoms with Crippen LogP contribution in [-0.2, 0) is 4.74 Å². The number of ether oxygens (including phenoxy) is 1. The maximum Gasteiger partial charge on any atom is 0.407 e. The van der Waals surface area contributed by atoms with Crippen molar-refractivity contribution in [1.82, 2.24) is 10.2 Å². The molecule has 0 radical (unpaired) electrons. The highest BCUT2D eigenvalue weighted by molar-refractivity contribution is 6.02. The summed E-state index contributed by atoms with van der Waals surface area (Å²) in [6.07, 6.45) is 6.77. The lowest BCUT2D eigenvalue weighted by Gasteiger charge is -2.29. The number of alkyl carbamates (subject to hydrolysis) is 1. The topological polar surface area (TPSA) is 66.3 Å². The molecule has 1 heterocycles. The number of carbonyl (C=O) groups is 1. The Hall–Kier alpha value is -1.69. The number of carbonyl (C=O) groups excluding carboxylic acids is 1. The minimum Gasteiger partial charge on any atom is -0.444 e. The van der Waals surface area contributed by atoms with Crippen LogP contribution in [-0.4, -0.2) is 61.4 Å². The van der Waals surface area contributed by atoms with E-state index in [1.807, 2.05) is 33.9 Å². The second-order valence-corrected chi connectivity index (χ2v) is 7.43. The Balaban J connectivity index is 2.47. The van der Waals surface area contributed by atoms with Crippen LogP contribution in [0.4, 0.5) is 4.79 Å². The molecule has 0 saturated heterocycles. The van der Waals surface area contributed by atoms with Gasteiger partial charge in [-0.2, -0.15) is 0 Å². The molecule has 0 aromatic carbocycles. The van der Waals surface area contributed by atoms with E-state index in [1.165, 1.54) is 5.57 Å². The van der Waals surface area contributed by atoms with Crippen molar-refractivity contribution in [1.29, 1.82) is 0 Å². The van der Waals surface area contributed by atoms with Gasteiger partial charge in [-0.05, 0) is 46.1 Å². The number of amides is 1. The molecule has 142 valence electrons. The smallest absolute Gasteiger partial charge is 0.407 e. The van der Waals surface area contributed by atoms with Crippen LogP contribution in [0, 0.1) is 0 Å². The van der Waals surface area contributed by atoms with Crippen molar-refractivity contribution >= 4 is 18.1 Å². The summed E-state index contributed by atoms with van der Waals surface area (Å²) in [7, 11) is 1.79. The van der Waals surface area contributed by atoms with Gasteiger partial charge in [0.1, 0.15) is 11.4 Å². The van der Waals surface area contributed by atoms with Gasteiger partial charge in [-0.1, -0.05) is 19.4 Å². The first-order valence-electron chi connectivity index (χ1n) is 9.15. The number of aliphatic imine (C=N–C) groups is 2. The summed E-state index contributed by atoms with van der Waals surface area (Å²) < 4.78 is 5.30. The lowest BCUT2D eigenvalue weighted by molar-refractivity contribution is 0.0498. The summed E-state index contributed by atoms with van der Waals surface area (Å²) in [5.41, 5.74) is 0.736. The van der Waals surface area contributed by atoms with E-state index in [0.717, 1.165) is 44.7 Å². The Morgan fingerprint density at radius 3 is 2.72 bits per heavy atom. The quantitative estimate of drug-likeness (QED) is 0.589. The van der Waals surface area contributed by atoms with Crippen LogP contribution in [0.2, 0.25) is 0 Å². The van der Waals surface area contributed by atoms with E-state index in [1.54, 1.807) is 7.05 Å². The van der Waals surface area contributed by atoms with Crippen molar-refractivity contribution in [3.05, 3.63) is 11.6 Å². The molecule has 0 fully saturated rings. The van der Waals surface area contributed by atoms with Crippen LogP contribution < -0.4 is 5.32 Å². The average molecular weight is 351 g/mol. The SMILES string of the molecule is CCC/C=N\C(=N/C)C1=CCN(CC(C)NC(=O)OC(C)(C)C)CC1. The second-order valence-electron chi connectivity index (χ2n) is 7.43. The molecule has 1 unspecified atom stereocenters. The molecule has 0 spiro atoms. The van der Waals surface area contributed by atoms with Crippen molar-refractivity contribution < 1.29 is 9.53 Å². The highest BCUT2D eigenvalue weighted by atomic mass is 16.6. The van der Waals surface area contributed by atoms with Crippen LogP contribution in [0.25, 0.3) is 0 Å². The summed E-state index contributed by atoms with van der Waals surface area (Å²) in [6.45, 7) is 12.3. The van der Waals surface area contributed by atoms with E-state index in [-0.39, 0.29) is 12.1 Å². The zero-order valence-electron chi connectivity index (χ0n) is 16.6. The highest BCUT2D eigenvalue weighted by Crippen LogP contribution is 2.14. The third-order valence-electron chi connectivity index (χ3n) is 3.72. The molecule has 1 amide bonds. The summed E-state index contributed by atoms with van der Waals surface area (Å²) in [5.74, 6) is 0.841. The van der Waals surface area contributed by atoms with Gasteiger partial charge in [-0.3, -0.25) is 9.89 Å². The summed E-state index contributed by atoms with van der Waals surface area (Å²) in [6, 6.07) is 0.0340. The molecule has 6 nitrogen and oxygen atoms in total. The van der Waals surface area contributed by atoms with Crippen LogP contribution in [0.15, 0.2) is 21.6 Å². The van der Waals surface area contributed by atoms with E-state index < -0.39 is 5.60 Å². The van der Waals surface area contributed by atoms with Crippen LogP contribution in [0.5, 0.6) is 0 Å². The zero-order chi connectivity index (χ0) is 18.9. The molecule has 1 atom stereocenters. The van der Waals surface area contributed by atoms with Gasteiger partial charge in [0.15, 0.2) is 0 Å². The molecule has 1 rings (SSSR count). The third kappa shape index (κ3) is 8.82. The Labute approximate surface area is 152 Å². The summed E-state index contributed by atoms with van der Waals surface area (Å²) >= 11 is 0. The van der Waals surface area contributed by atoms with Gasteiger partial charge in [0.2, 0.25) is 0 Å². The van der Waals surface area contributed by atoms with Crippen molar-refractivity contribution in [3.8, 4) is 0 Å². The lowest BCUT2D eigenvalue weighted by atomic mass is 10.1. The fraction of sp³-hybridized carbons (Fsp3) is 0.737. The van der Waals surface area contributed by atoms with Crippen molar-refractivity contribution in [2.24, 2.45) is 9.98 Å². The number of amidine groups is 1. The monoisotopic (exact) mass is 350 g/mol. The largest absolute Gasteiger partial charge is 0.444 e.